The molecule has 1 unspecified atom stereocenters. The van der Waals surface area contributed by atoms with Crippen molar-refractivity contribution in [2.75, 3.05) is 12.4 Å². The predicted molar refractivity (Wildman–Crippen MR) is 84.3 cm³/mol. The summed E-state index contributed by atoms with van der Waals surface area (Å²) < 4.78 is 28.4. The summed E-state index contributed by atoms with van der Waals surface area (Å²) in [6.45, 7) is 3.82. The van der Waals surface area contributed by atoms with Crippen LogP contribution in [0.3, 0.4) is 0 Å². The molecule has 0 saturated heterocycles. The first kappa shape index (κ1) is 18.2. The van der Waals surface area contributed by atoms with Crippen LogP contribution in [0.25, 0.3) is 0 Å². The fourth-order valence-electron chi connectivity index (χ4n) is 1.60. The summed E-state index contributed by atoms with van der Waals surface area (Å²) in [4.78, 5) is 10.2. The lowest BCUT2D eigenvalue weighted by molar-refractivity contribution is -0.385. The summed E-state index contributed by atoms with van der Waals surface area (Å²) in [5.41, 5.74) is -0.0979. The Hall–Kier alpha value is -0.860. The van der Waals surface area contributed by atoms with Gasteiger partial charge in [-0.25, -0.2) is 8.42 Å². The first-order valence-electron chi connectivity index (χ1n) is 6.09. The zero-order chi connectivity index (χ0) is 16.2. The van der Waals surface area contributed by atoms with Crippen LogP contribution in [0.4, 0.5) is 5.69 Å². The maximum Gasteiger partial charge on any atom is 0.273 e. The van der Waals surface area contributed by atoms with Crippen molar-refractivity contribution in [3.05, 3.63) is 32.8 Å². The third-order valence-corrected chi connectivity index (χ3v) is 4.79. The highest BCUT2D eigenvalue weighted by atomic mass is 79.9. The van der Waals surface area contributed by atoms with Gasteiger partial charge in [-0.05, 0) is 27.9 Å². The summed E-state index contributed by atoms with van der Waals surface area (Å²) >= 11 is 3.24. The van der Waals surface area contributed by atoms with Crippen molar-refractivity contribution in [1.82, 2.24) is 0 Å². The molecule has 1 aromatic carbocycles. The minimum absolute atomic E-state index is 0.0380. The Balaban J connectivity index is 2.85. The molecule has 0 N–H and O–H groups in total. The van der Waals surface area contributed by atoms with E-state index in [2.05, 4.69) is 15.9 Å². The number of rotatable bonds is 7. The SMILES string of the molecule is CC(C)C(COc1cc([N+](=O)[O-])ccc1Br)CS(=O)(=O)Cl. The van der Waals surface area contributed by atoms with Gasteiger partial charge in [-0.15, -0.1) is 0 Å². The molecule has 0 fully saturated rings. The lowest BCUT2D eigenvalue weighted by Gasteiger charge is -2.20. The molecule has 0 spiro atoms. The van der Waals surface area contributed by atoms with Gasteiger partial charge in [0.15, 0.2) is 0 Å². The zero-order valence-corrected chi connectivity index (χ0v) is 14.6. The normalized spacial score (nSPS) is 13.2. The second kappa shape index (κ2) is 7.42. The van der Waals surface area contributed by atoms with Crippen LogP contribution >= 0.6 is 26.6 Å². The van der Waals surface area contributed by atoms with E-state index in [-0.39, 0.29) is 29.9 Å². The van der Waals surface area contributed by atoms with Gasteiger partial charge < -0.3 is 4.74 Å². The molecular weight excluding hydrogens is 386 g/mol. The topological polar surface area (TPSA) is 86.5 Å². The summed E-state index contributed by atoms with van der Waals surface area (Å²) in [7, 11) is 1.64. The van der Waals surface area contributed by atoms with E-state index in [1.807, 2.05) is 13.8 Å². The van der Waals surface area contributed by atoms with E-state index in [1.54, 1.807) is 0 Å². The number of nitrogens with zero attached hydrogens (tertiary/aromatic N) is 1. The lowest BCUT2D eigenvalue weighted by Crippen LogP contribution is -2.24. The van der Waals surface area contributed by atoms with Gasteiger partial charge >= 0.3 is 0 Å². The van der Waals surface area contributed by atoms with E-state index in [0.717, 1.165) is 0 Å². The van der Waals surface area contributed by atoms with Gasteiger partial charge in [0.2, 0.25) is 9.05 Å². The standard InChI is InChI=1S/C12H15BrClNO5S/c1-8(2)9(7-21(14,18)19)6-20-12-5-10(15(16)17)3-4-11(12)13/h3-5,8-9H,6-7H2,1-2H3. The monoisotopic (exact) mass is 399 g/mol. The fourth-order valence-corrected chi connectivity index (χ4v) is 3.44. The molecule has 0 amide bonds. The Morgan fingerprint density at radius 1 is 1.43 bits per heavy atom. The summed E-state index contributed by atoms with van der Waals surface area (Å²) in [6.07, 6.45) is 0. The summed E-state index contributed by atoms with van der Waals surface area (Å²) in [5.74, 6) is -0.185. The van der Waals surface area contributed by atoms with E-state index in [9.17, 15) is 18.5 Å². The summed E-state index contributed by atoms with van der Waals surface area (Å²) in [5, 5.41) is 10.7. The number of halogens is 2. The van der Waals surface area contributed by atoms with Crippen molar-refractivity contribution in [2.45, 2.75) is 13.8 Å². The van der Waals surface area contributed by atoms with Crippen LogP contribution < -0.4 is 4.74 Å². The van der Waals surface area contributed by atoms with E-state index in [0.29, 0.717) is 10.2 Å². The van der Waals surface area contributed by atoms with Gasteiger partial charge in [0.05, 0.1) is 27.8 Å². The molecular formula is C12H15BrClNO5S. The van der Waals surface area contributed by atoms with E-state index in [4.69, 9.17) is 15.4 Å². The molecule has 0 aromatic heterocycles. The largest absolute Gasteiger partial charge is 0.492 e. The second-order valence-electron chi connectivity index (χ2n) is 4.89. The van der Waals surface area contributed by atoms with Gasteiger partial charge in [0.25, 0.3) is 5.69 Å². The molecule has 0 aliphatic carbocycles. The highest BCUT2D eigenvalue weighted by Crippen LogP contribution is 2.30. The van der Waals surface area contributed by atoms with Crippen LogP contribution in [0.2, 0.25) is 0 Å². The van der Waals surface area contributed by atoms with Gasteiger partial charge in [-0.3, -0.25) is 10.1 Å². The highest BCUT2D eigenvalue weighted by Gasteiger charge is 2.22. The van der Waals surface area contributed by atoms with E-state index < -0.39 is 14.0 Å². The predicted octanol–water partition coefficient (Wildman–Crippen LogP) is 3.58. The van der Waals surface area contributed by atoms with Crippen LogP contribution in [-0.4, -0.2) is 25.7 Å². The Morgan fingerprint density at radius 3 is 2.52 bits per heavy atom. The third kappa shape index (κ3) is 6.19. The fraction of sp³-hybridized carbons (Fsp3) is 0.500. The number of ether oxygens (including phenoxy) is 1. The van der Waals surface area contributed by atoms with Crippen molar-refractivity contribution in [1.29, 1.82) is 0 Å². The van der Waals surface area contributed by atoms with Crippen LogP contribution in [-0.2, 0) is 9.05 Å². The molecule has 0 radical (unpaired) electrons. The number of non-ortho nitro benzene ring substituents is 1. The van der Waals surface area contributed by atoms with Gasteiger partial charge in [0, 0.05) is 22.7 Å². The molecule has 0 saturated carbocycles. The molecule has 6 nitrogen and oxygen atoms in total. The zero-order valence-electron chi connectivity index (χ0n) is 11.5. The first-order valence-corrected chi connectivity index (χ1v) is 9.36. The molecule has 1 atom stereocenters. The Kier molecular flexibility index (Phi) is 6.42. The Labute approximate surface area is 136 Å². The molecule has 9 heteroatoms. The van der Waals surface area contributed by atoms with Gasteiger partial charge in [-0.1, -0.05) is 13.8 Å². The molecule has 0 heterocycles. The number of nitro groups is 1. The molecule has 0 aliphatic rings. The number of hydrogen-bond donors (Lipinski definition) is 0. The average molecular weight is 401 g/mol. The van der Waals surface area contributed by atoms with Gasteiger partial charge in [0.1, 0.15) is 5.75 Å². The van der Waals surface area contributed by atoms with Crippen molar-refractivity contribution in [3.63, 3.8) is 0 Å². The maximum absolute atomic E-state index is 11.2. The van der Waals surface area contributed by atoms with Crippen LogP contribution in [0, 0.1) is 22.0 Å². The number of benzene rings is 1. The minimum Gasteiger partial charge on any atom is -0.492 e. The van der Waals surface area contributed by atoms with Gasteiger partial charge in [-0.2, -0.15) is 0 Å². The second-order valence-corrected chi connectivity index (χ2v) is 8.57. The van der Waals surface area contributed by atoms with Crippen LogP contribution in [0.5, 0.6) is 5.75 Å². The lowest BCUT2D eigenvalue weighted by atomic mass is 9.99. The van der Waals surface area contributed by atoms with Crippen molar-refractivity contribution in [3.8, 4) is 5.75 Å². The molecule has 21 heavy (non-hydrogen) atoms. The van der Waals surface area contributed by atoms with E-state index in [1.165, 1.54) is 18.2 Å². The molecule has 0 aliphatic heterocycles. The van der Waals surface area contributed by atoms with Crippen molar-refractivity contribution in [2.24, 2.45) is 11.8 Å². The van der Waals surface area contributed by atoms with Crippen LogP contribution in [0.1, 0.15) is 13.8 Å². The molecule has 1 rings (SSSR count). The number of nitro benzene ring substituents is 1. The quantitative estimate of drug-likeness (QED) is 0.397. The Bertz CT molecular complexity index is 620. The third-order valence-electron chi connectivity index (χ3n) is 2.93. The molecule has 0 bridgehead atoms. The summed E-state index contributed by atoms with van der Waals surface area (Å²) in [6, 6.07) is 4.15. The van der Waals surface area contributed by atoms with Crippen LogP contribution in [0.15, 0.2) is 22.7 Å². The highest BCUT2D eigenvalue weighted by molar-refractivity contribution is 9.10. The maximum atomic E-state index is 11.2. The Morgan fingerprint density at radius 2 is 2.05 bits per heavy atom. The smallest absolute Gasteiger partial charge is 0.273 e. The first-order chi connectivity index (χ1) is 9.60. The molecule has 118 valence electrons. The van der Waals surface area contributed by atoms with Crippen molar-refractivity contribution < 1.29 is 18.1 Å². The average Bonchev–Trinajstić information content (AvgIpc) is 2.34. The van der Waals surface area contributed by atoms with E-state index >= 15 is 0 Å². The minimum atomic E-state index is -3.63. The van der Waals surface area contributed by atoms with Crippen molar-refractivity contribution >= 4 is 41.4 Å². The number of hydrogen-bond acceptors (Lipinski definition) is 5. The molecule has 1 aromatic rings.